The van der Waals surface area contributed by atoms with Gasteiger partial charge in [-0.1, -0.05) is 0 Å². The van der Waals surface area contributed by atoms with Crippen LogP contribution in [-0.4, -0.2) is 88.2 Å². The zero-order valence-electron chi connectivity index (χ0n) is 1.15. The predicted molar refractivity (Wildman–Crippen MR) is 45.3 cm³/mol. The van der Waals surface area contributed by atoms with Gasteiger partial charge in [0.05, 0.1) is 0 Å². The van der Waals surface area contributed by atoms with E-state index in [1.165, 1.54) is 0 Å². The van der Waals surface area contributed by atoms with Crippen LogP contribution < -0.4 is 0 Å². The first-order chi connectivity index (χ1) is 1.00. The molecule has 0 aromatic carbocycles. The molecule has 0 radical (unpaired) electrons. The normalized spacial score (nSPS) is 0.800. The van der Waals surface area contributed by atoms with E-state index in [2.05, 4.69) is 6.36 Å². The van der Waals surface area contributed by atoms with Gasteiger partial charge in [-0.2, -0.15) is 0 Å². The molecule has 5 heavy (non-hydrogen) atoms. The molecule has 28 valence electrons. The van der Waals surface area contributed by atoms with Crippen molar-refractivity contribution in [2.45, 2.75) is 0 Å². The fourth-order valence-corrected chi connectivity index (χ4v) is 0. The molecule has 0 aliphatic rings. The van der Waals surface area contributed by atoms with Crippen molar-refractivity contribution in [2.24, 2.45) is 0 Å². The summed E-state index contributed by atoms with van der Waals surface area (Å²) in [6.45, 7) is 0. The van der Waals surface area contributed by atoms with Crippen LogP contribution >= 0.6 is 6.36 Å². The van der Waals surface area contributed by atoms with E-state index in [0.717, 1.165) is 25.2 Å². The zero-order valence-corrected chi connectivity index (χ0v) is 6.80. The molecule has 0 aromatic heterocycles. The molecule has 0 N–H and O–H groups in total. The number of hydrogen-bond acceptors (Lipinski definition) is 0. The first kappa shape index (κ1) is 23.8. The summed E-state index contributed by atoms with van der Waals surface area (Å²) >= 11 is 1.08. The summed E-state index contributed by atoms with van der Waals surface area (Å²) in [5.41, 5.74) is 0. The van der Waals surface area contributed by atoms with Crippen LogP contribution in [0.4, 0.5) is 0 Å². The van der Waals surface area contributed by atoms with Gasteiger partial charge in [-0.05, 0) is 0 Å². The Kier molecular flexibility index (Phi) is 125. The zero-order chi connectivity index (χ0) is 2.00. The Balaban J connectivity index is -0.00000000167. The Hall–Kier alpha value is 3.39. The van der Waals surface area contributed by atoms with Gasteiger partial charge in [0.2, 0.25) is 0 Å². The summed E-state index contributed by atoms with van der Waals surface area (Å²) in [7, 11) is 0. The van der Waals surface area contributed by atoms with E-state index in [-0.39, 0.29) is 63.0 Å². The van der Waals surface area contributed by atoms with E-state index in [1.807, 2.05) is 0 Å². The van der Waals surface area contributed by atoms with Crippen LogP contribution in [0.3, 0.4) is 0 Å². The first-order valence-corrected chi connectivity index (χ1v) is 8.77. The summed E-state index contributed by atoms with van der Waals surface area (Å²) in [5, 5.41) is 0. The van der Waals surface area contributed by atoms with E-state index < -0.39 is 0 Å². The van der Waals surface area contributed by atoms with Crippen molar-refractivity contribution in [1.29, 1.82) is 0 Å². The molecule has 5 heteroatoms. The van der Waals surface area contributed by atoms with Crippen molar-refractivity contribution in [3.05, 3.63) is 0 Å². The van der Waals surface area contributed by atoms with Crippen LogP contribution in [0.25, 0.3) is 0 Å². The third-order valence-electron chi connectivity index (χ3n) is 0. The minimum atomic E-state index is 0. The molecule has 0 amide bonds. The molecule has 0 aromatic rings. The Morgan fingerprint density at radius 2 is 1.20 bits per heavy atom. The summed E-state index contributed by atoms with van der Waals surface area (Å²) in [6.07, 6.45) is 2.58. The molecule has 0 saturated carbocycles. The van der Waals surface area contributed by atoms with Crippen LogP contribution in [0, 0.1) is 0 Å². The Morgan fingerprint density at radius 3 is 1.20 bits per heavy atom. The van der Waals surface area contributed by atoms with Crippen LogP contribution in [0.5, 0.6) is 0 Å². The van der Waals surface area contributed by atoms with Crippen molar-refractivity contribution < 1.29 is 0 Å². The van der Waals surface area contributed by atoms with Crippen molar-refractivity contribution in [3.63, 3.8) is 0 Å². The van der Waals surface area contributed by atoms with Crippen LogP contribution in [0.2, 0.25) is 0 Å². The van der Waals surface area contributed by atoms with Gasteiger partial charge >= 0.3 is 77.2 Å². The van der Waals surface area contributed by atoms with E-state index >= 15 is 0 Å². The maximum absolute atomic E-state index is 2.58. The van der Waals surface area contributed by atoms with Gasteiger partial charge in [0, 0.05) is 0 Å². The van der Waals surface area contributed by atoms with Crippen molar-refractivity contribution in [1.82, 2.24) is 0 Å². The average Bonchev–Trinajstić information content (AvgIpc) is 1.00. The SMILES string of the molecule is [AlH3].[GaH3].[InH3].[PH2][Tl]. The molecular formula is H11AlGaInPTl. The second-order valence-corrected chi connectivity index (χ2v) is 0. The van der Waals surface area contributed by atoms with E-state index in [4.69, 9.17) is 0 Å². The van der Waals surface area contributed by atoms with Gasteiger partial charge in [-0.3, -0.25) is 0 Å². The molecule has 0 fully saturated rings. The molecule has 0 bridgehead atoms. The van der Waals surface area contributed by atoms with Gasteiger partial charge in [0.25, 0.3) is 0 Å². The predicted octanol–water partition coefficient (Wildman–Crippen LogP) is -3.61. The number of hydrogen-bond donors (Lipinski definition) is 0. The summed E-state index contributed by atoms with van der Waals surface area (Å²) in [6, 6.07) is 0. The molecule has 0 aliphatic heterocycles. The third kappa shape index (κ3) is 18.7. The molecule has 0 spiro atoms. The Bertz CT molecular complexity index is 11.6. The molecule has 0 nitrogen and oxygen atoms in total. The summed E-state index contributed by atoms with van der Waals surface area (Å²) < 4.78 is 0. The fourth-order valence-electron chi connectivity index (χ4n) is 0. The van der Waals surface area contributed by atoms with E-state index in [1.54, 1.807) is 0 Å². The first-order valence-electron chi connectivity index (χ1n) is 0.333. The molecule has 0 rings (SSSR count). The molecule has 1 atom stereocenters. The van der Waals surface area contributed by atoms with Crippen LogP contribution in [-0.2, 0) is 0 Å². The topological polar surface area (TPSA) is 0 Å². The summed E-state index contributed by atoms with van der Waals surface area (Å²) in [4.78, 5) is 0. The summed E-state index contributed by atoms with van der Waals surface area (Å²) in [5.74, 6) is 0. The van der Waals surface area contributed by atoms with Crippen LogP contribution in [0.15, 0.2) is 0 Å². The van der Waals surface area contributed by atoms with Crippen LogP contribution in [0.1, 0.15) is 0 Å². The standard InChI is InChI=1S/Al.Ga.In.H2P.Tl.9H/h;;;1H2;;;;;;;;;;/q;;;-1;+1;;;;;;;;;. The molecule has 0 heterocycles. The minimum absolute atomic E-state index is 0. The second-order valence-electron chi connectivity index (χ2n) is 0. The molecule has 0 aliphatic carbocycles. The van der Waals surface area contributed by atoms with Gasteiger partial charge in [0.1, 0.15) is 0 Å². The average molecular weight is 458 g/mol. The van der Waals surface area contributed by atoms with Crippen molar-refractivity contribution >= 4 is 94.5 Å². The van der Waals surface area contributed by atoms with Gasteiger partial charge < -0.3 is 0 Å². The van der Waals surface area contributed by atoms with E-state index in [0.29, 0.717) is 0 Å². The molecular weight excluding hydrogens is 447 g/mol. The Labute approximate surface area is 92.7 Å². The van der Waals surface area contributed by atoms with Gasteiger partial charge in [0.15, 0.2) is 17.4 Å². The van der Waals surface area contributed by atoms with Gasteiger partial charge in [-0.25, -0.2) is 0 Å². The number of rotatable bonds is 0. The molecule has 1 unspecified atom stereocenters. The monoisotopic (exact) mass is 458 g/mol. The second kappa shape index (κ2) is 26.3. The quantitative estimate of drug-likeness (QED) is 0.260. The van der Waals surface area contributed by atoms with Crippen molar-refractivity contribution in [3.8, 4) is 0 Å². The third-order valence-corrected chi connectivity index (χ3v) is 0. The molecule has 0 saturated heterocycles. The Morgan fingerprint density at radius 1 is 1.20 bits per heavy atom. The van der Waals surface area contributed by atoms with Crippen molar-refractivity contribution in [2.75, 3.05) is 0 Å². The maximum atomic E-state index is 2.58. The van der Waals surface area contributed by atoms with Gasteiger partial charge in [-0.15, -0.1) is 0 Å². The van der Waals surface area contributed by atoms with E-state index in [9.17, 15) is 0 Å². The fraction of sp³-hybridized carbons (Fsp3) is 0.